The van der Waals surface area contributed by atoms with Gasteiger partial charge in [-0.3, -0.25) is 0 Å². The number of aliphatic hydroxyl groups is 1. The van der Waals surface area contributed by atoms with Gasteiger partial charge in [0.25, 0.3) is 0 Å². The summed E-state index contributed by atoms with van der Waals surface area (Å²) in [7, 11) is -2.46. The predicted octanol–water partition coefficient (Wildman–Crippen LogP) is 2.69. The normalized spacial score (nSPS) is 16.3. The Morgan fingerprint density at radius 2 is 1.95 bits per heavy atom. The number of rotatable bonds is 9. The molecule has 0 radical (unpaired) electrons. The van der Waals surface area contributed by atoms with E-state index in [1.165, 1.54) is 6.07 Å². The third-order valence-corrected chi connectivity index (χ3v) is 8.09. The largest absolute Gasteiger partial charge is 0.494 e. The van der Waals surface area contributed by atoms with Crippen LogP contribution in [0.15, 0.2) is 41.3 Å². The number of aromatic nitrogens is 2. The smallest absolute Gasteiger partial charge is 0.240 e. The fourth-order valence-corrected chi connectivity index (χ4v) is 5.83. The lowest BCUT2D eigenvalue weighted by molar-refractivity contribution is 0.122. The first kappa shape index (κ1) is 27.9. The summed E-state index contributed by atoms with van der Waals surface area (Å²) in [6, 6.07) is 10.7. The Kier molecular flexibility index (Phi) is 7.73. The number of anilines is 6. The van der Waals surface area contributed by atoms with Crippen molar-refractivity contribution in [1.29, 1.82) is 0 Å². The zero-order chi connectivity index (χ0) is 28.5. The quantitative estimate of drug-likeness (QED) is 0.257. The summed E-state index contributed by atoms with van der Waals surface area (Å²) in [4.78, 5) is 11.7. The van der Waals surface area contributed by atoms with Crippen LogP contribution in [0.3, 0.4) is 0 Å². The van der Waals surface area contributed by atoms with Crippen molar-refractivity contribution in [1.82, 2.24) is 9.97 Å². The lowest BCUT2D eigenvalue weighted by atomic mass is 9.88. The van der Waals surface area contributed by atoms with Gasteiger partial charge in [-0.1, -0.05) is 26.0 Å². The summed E-state index contributed by atoms with van der Waals surface area (Å²) in [5.41, 5.74) is 3.05. The number of methoxy groups -OCH3 is 1. The third-order valence-electron chi connectivity index (χ3n) is 7.13. The number of ether oxygens (including phenoxy) is 2. The van der Waals surface area contributed by atoms with Gasteiger partial charge < -0.3 is 35.4 Å². The van der Waals surface area contributed by atoms with Gasteiger partial charge in [0.05, 0.1) is 31.7 Å². The van der Waals surface area contributed by atoms with E-state index in [2.05, 4.69) is 34.7 Å². The van der Waals surface area contributed by atoms with Crippen molar-refractivity contribution in [3.8, 4) is 5.75 Å². The van der Waals surface area contributed by atoms with E-state index < -0.39 is 10.0 Å². The second kappa shape index (κ2) is 11.1. The molecule has 13 heteroatoms. The maximum absolute atomic E-state index is 12.5. The van der Waals surface area contributed by atoms with Gasteiger partial charge in [0, 0.05) is 49.0 Å². The first-order valence-electron chi connectivity index (χ1n) is 13.1. The fourth-order valence-electron chi connectivity index (χ4n) is 5.09. The fraction of sp³-hybridized carbons (Fsp3) is 0.407. The molecule has 1 aromatic heterocycles. The van der Waals surface area contributed by atoms with Crippen molar-refractivity contribution in [3.05, 3.63) is 47.5 Å². The van der Waals surface area contributed by atoms with E-state index in [-0.39, 0.29) is 29.0 Å². The molecule has 2 aromatic carbocycles. The van der Waals surface area contributed by atoms with Crippen LogP contribution in [-0.4, -0.2) is 70.1 Å². The molecule has 0 bridgehead atoms. The first-order valence-corrected chi connectivity index (χ1v) is 14.6. The summed E-state index contributed by atoms with van der Waals surface area (Å²) in [5, 5.41) is 25.0. The van der Waals surface area contributed by atoms with E-state index in [1.54, 1.807) is 19.2 Å². The molecule has 0 amide bonds. The van der Waals surface area contributed by atoms with Crippen molar-refractivity contribution in [2.75, 3.05) is 67.4 Å². The van der Waals surface area contributed by atoms with Gasteiger partial charge >= 0.3 is 0 Å². The topological polar surface area (TPSA) is 164 Å². The summed E-state index contributed by atoms with van der Waals surface area (Å²) in [6.07, 6.45) is 0.235. The first-order chi connectivity index (χ1) is 19.1. The van der Waals surface area contributed by atoms with Crippen molar-refractivity contribution < 1.29 is 23.0 Å². The minimum absolute atomic E-state index is 0.0792. The number of fused-ring (bicyclic) bond motifs is 1. The van der Waals surface area contributed by atoms with Crippen molar-refractivity contribution in [2.24, 2.45) is 5.14 Å². The van der Waals surface area contributed by atoms with Crippen LogP contribution in [0.4, 0.5) is 34.6 Å². The van der Waals surface area contributed by atoms with Crippen LogP contribution in [0.1, 0.15) is 25.0 Å². The van der Waals surface area contributed by atoms with Gasteiger partial charge in [-0.2, -0.15) is 9.97 Å². The van der Waals surface area contributed by atoms with Gasteiger partial charge in [-0.05, 0) is 30.2 Å². The van der Waals surface area contributed by atoms with E-state index in [0.717, 1.165) is 24.3 Å². The van der Waals surface area contributed by atoms with Crippen LogP contribution < -0.4 is 30.7 Å². The van der Waals surface area contributed by atoms with Gasteiger partial charge in [0.15, 0.2) is 0 Å². The van der Waals surface area contributed by atoms with Crippen LogP contribution in [0.25, 0.3) is 0 Å². The van der Waals surface area contributed by atoms with E-state index >= 15 is 0 Å². The standard InChI is InChI=1S/C27H35N7O5S/c1-27(2)16-29-24-22(27)25(31-23-17(9-12-35)5-4-6-21(23)40(28,36)37)33-26(32-24)30-19-8-7-18(15-20(19)38-3)34-10-13-39-14-11-34/h4-8,15,35H,9-14,16H2,1-3H3,(H2,28,36,37)(H3,29,30,31,32,33). The Hall–Kier alpha value is -3.65. The molecule has 0 saturated carbocycles. The molecule has 1 saturated heterocycles. The number of aliphatic hydroxyl groups excluding tert-OH is 1. The van der Waals surface area contributed by atoms with Crippen molar-refractivity contribution in [2.45, 2.75) is 30.6 Å². The number of hydrogen-bond donors (Lipinski definition) is 5. The van der Waals surface area contributed by atoms with Gasteiger partial charge in [-0.15, -0.1) is 0 Å². The molecule has 0 spiro atoms. The van der Waals surface area contributed by atoms with E-state index in [9.17, 15) is 13.5 Å². The van der Waals surface area contributed by atoms with Crippen LogP contribution in [0, 0.1) is 0 Å². The highest BCUT2D eigenvalue weighted by atomic mass is 32.2. The summed E-state index contributed by atoms with van der Waals surface area (Å²) >= 11 is 0. The minimum Gasteiger partial charge on any atom is -0.494 e. The number of morpholine rings is 1. The Labute approximate surface area is 234 Å². The van der Waals surface area contributed by atoms with E-state index in [4.69, 9.17) is 24.6 Å². The molecule has 6 N–H and O–H groups in total. The van der Waals surface area contributed by atoms with E-state index in [1.807, 2.05) is 18.2 Å². The zero-order valence-electron chi connectivity index (χ0n) is 22.8. The Morgan fingerprint density at radius 3 is 2.65 bits per heavy atom. The SMILES string of the molecule is COc1cc(N2CCOCC2)ccc1Nc1nc2c(c(Nc3c(CCO)cccc3S(N)(=O)=O)n1)C(C)(C)CN2. The number of nitrogens with one attached hydrogen (secondary N) is 3. The molecule has 40 heavy (non-hydrogen) atoms. The highest BCUT2D eigenvalue weighted by molar-refractivity contribution is 7.89. The predicted molar refractivity (Wildman–Crippen MR) is 155 cm³/mol. The van der Waals surface area contributed by atoms with Gasteiger partial charge in [0.2, 0.25) is 16.0 Å². The Morgan fingerprint density at radius 1 is 1.18 bits per heavy atom. The number of primary sulfonamides is 1. The molecule has 0 unspecified atom stereocenters. The van der Waals surface area contributed by atoms with E-state index in [0.29, 0.717) is 54.3 Å². The number of para-hydroxylation sites is 1. The molecule has 2 aliphatic heterocycles. The molecular formula is C27H35N7O5S. The monoisotopic (exact) mass is 569 g/mol. The maximum Gasteiger partial charge on any atom is 0.240 e. The number of benzene rings is 2. The molecule has 214 valence electrons. The summed E-state index contributed by atoms with van der Waals surface area (Å²) in [6.45, 7) is 7.54. The molecule has 0 atom stereocenters. The third kappa shape index (κ3) is 5.63. The molecular weight excluding hydrogens is 534 g/mol. The second-order valence-electron chi connectivity index (χ2n) is 10.4. The Bertz CT molecular complexity index is 1510. The van der Waals surface area contributed by atoms with Crippen LogP contribution in [0.2, 0.25) is 0 Å². The maximum atomic E-state index is 12.5. The molecule has 0 aliphatic carbocycles. The number of hydrogen-bond acceptors (Lipinski definition) is 11. The van der Waals surface area contributed by atoms with Crippen LogP contribution >= 0.6 is 0 Å². The lowest BCUT2D eigenvalue weighted by Crippen LogP contribution is -2.36. The van der Waals surface area contributed by atoms with Gasteiger partial charge in [0.1, 0.15) is 22.3 Å². The average molecular weight is 570 g/mol. The highest BCUT2D eigenvalue weighted by Gasteiger charge is 2.36. The Balaban J connectivity index is 1.55. The molecule has 3 heterocycles. The minimum atomic E-state index is -4.07. The number of nitrogens with zero attached hydrogens (tertiary/aromatic N) is 3. The van der Waals surface area contributed by atoms with Crippen LogP contribution in [0.5, 0.6) is 5.75 Å². The molecule has 12 nitrogen and oxygen atoms in total. The number of nitrogens with two attached hydrogens (primary N) is 1. The summed E-state index contributed by atoms with van der Waals surface area (Å²) in [5.74, 6) is 1.98. The van der Waals surface area contributed by atoms with Crippen LogP contribution in [-0.2, 0) is 26.6 Å². The highest BCUT2D eigenvalue weighted by Crippen LogP contribution is 2.43. The zero-order valence-corrected chi connectivity index (χ0v) is 23.6. The van der Waals surface area contributed by atoms with Crippen molar-refractivity contribution >= 4 is 44.7 Å². The second-order valence-corrected chi connectivity index (χ2v) is 11.9. The summed E-state index contributed by atoms with van der Waals surface area (Å²) < 4.78 is 36.1. The van der Waals surface area contributed by atoms with Crippen molar-refractivity contribution in [3.63, 3.8) is 0 Å². The molecule has 2 aliphatic rings. The average Bonchev–Trinajstić information content (AvgIpc) is 3.24. The molecule has 1 fully saturated rings. The number of sulfonamides is 1. The lowest BCUT2D eigenvalue weighted by Gasteiger charge is -2.29. The van der Waals surface area contributed by atoms with Gasteiger partial charge in [-0.25, -0.2) is 13.6 Å². The molecule has 5 rings (SSSR count). The molecule has 3 aromatic rings.